The summed E-state index contributed by atoms with van der Waals surface area (Å²) in [7, 11) is 0. The number of rotatable bonds is 6. The van der Waals surface area contributed by atoms with Crippen LogP contribution in [0.25, 0.3) is 0 Å². The van der Waals surface area contributed by atoms with Crippen LogP contribution in [0.3, 0.4) is 0 Å². The van der Waals surface area contributed by atoms with Crippen molar-refractivity contribution in [3.63, 3.8) is 0 Å². The summed E-state index contributed by atoms with van der Waals surface area (Å²) in [5.41, 5.74) is 1.07. The summed E-state index contributed by atoms with van der Waals surface area (Å²) in [5.74, 6) is 0.0644. The normalized spacial score (nSPS) is 14.1. The van der Waals surface area contributed by atoms with E-state index in [0.717, 1.165) is 12.1 Å². The highest BCUT2D eigenvalue weighted by Gasteiger charge is 2.15. The number of hydrogen-bond acceptors (Lipinski definition) is 3. The Morgan fingerprint density at radius 3 is 2.59 bits per heavy atom. The van der Waals surface area contributed by atoms with Crippen molar-refractivity contribution in [2.24, 2.45) is 5.92 Å². The Balaban J connectivity index is 2.46. The van der Waals surface area contributed by atoms with Crippen LogP contribution in [0.4, 0.5) is 0 Å². The summed E-state index contributed by atoms with van der Waals surface area (Å²) >= 11 is 0. The second kappa shape index (κ2) is 7.01. The van der Waals surface area contributed by atoms with Crippen molar-refractivity contribution in [1.82, 2.24) is 15.6 Å². The zero-order chi connectivity index (χ0) is 12.7. The zero-order valence-electron chi connectivity index (χ0n) is 10.7. The van der Waals surface area contributed by atoms with E-state index in [1.807, 2.05) is 32.9 Å². The Kier molecular flexibility index (Phi) is 5.63. The molecule has 1 heterocycles. The van der Waals surface area contributed by atoms with Crippen LogP contribution in [0, 0.1) is 5.92 Å². The quantitative estimate of drug-likeness (QED) is 0.785. The molecule has 0 aliphatic heterocycles. The smallest absolute Gasteiger partial charge is 0.224 e. The third-order valence-corrected chi connectivity index (χ3v) is 2.71. The minimum atomic E-state index is -0.0146. The Bertz CT molecular complexity index is 340. The van der Waals surface area contributed by atoms with Crippen LogP contribution in [-0.4, -0.2) is 24.0 Å². The lowest BCUT2D eigenvalue weighted by Gasteiger charge is -2.17. The molecule has 4 nitrogen and oxygen atoms in total. The van der Waals surface area contributed by atoms with Crippen LogP contribution in [0.1, 0.15) is 32.4 Å². The van der Waals surface area contributed by atoms with Gasteiger partial charge in [0.15, 0.2) is 0 Å². The molecule has 2 unspecified atom stereocenters. The summed E-state index contributed by atoms with van der Waals surface area (Å²) in [5, 5.41) is 6.17. The van der Waals surface area contributed by atoms with Crippen LogP contribution in [0.2, 0.25) is 0 Å². The molecule has 17 heavy (non-hydrogen) atoms. The Morgan fingerprint density at radius 2 is 2.00 bits per heavy atom. The van der Waals surface area contributed by atoms with Gasteiger partial charge in [0.1, 0.15) is 0 Å². The highest BCUT2D eigenvalue weighted by Crippen LogP contribution is 2.10. The molecule has 1 rings (SSSR count). The number of carbonyl (C=O) groups is 1. The van der Waals surface area contributed by atoms with Gasteiger partial charge in [-0.15, -0.1) is 0 Å². The lowest BCUT2D eigenvalue weighted by atomic mass is 10.1. The number of nitrogens with zero attached hydrogens (tertiary/aromatic N) is 1. The average molecular weight is 235 g/mol. The van der Waals surface area contributed by atoms with Crippen molar-refractivity contribution in [3.05, 3.63) is 30.1 Å². The summed E-state index contributed by atoms with van der Waals surface area (Å²) in [6, 6.07) is 3.86. The molecule has 0 radical (unpaired) electrons. The van der Waals surface area contributed by atoms with Crippen LogP contribution in [0.15, 0.2) is 24.5 Å². The minimum Gasteiger partial charge on any atom is -0.349 e. The van der Waals surface area contributed by atoms with E-state index in [9.17, 15) is 4.79 Å². The largest absolute Gasteiger partial charge is 0.349 e. The lowest BCUT2D eigenvalue weighted by molar-refractivity contribution is -0.125. The standard InChI is InChI=1S/C13H21N3O/c1-4-14-9-10(2)13(17)16-11(3)12-5-7-15-8-6-12/h5-8,10-11,14H,4,9H2,1-3H3,(H,16,17). The van der Waals surface area contributed by atoms with Crippen LogP contribution >= 0.6 is 0 Å². The molecule has 94 valence electrons. The first-order valence-electron chi connectivity index (χ1n) is 6.06. The second-order valence-corrected chi connectivity index (χ2v) is 4.22. The molecule has 2 atom stereocenters. The average Bonchev–Trinajstić information content (AvgIpc) is 2.36. The first kappa shape index (κ1) is 13.6. The lowest BCUT2D eigenvalue weighted by Crippen LogP contribution is -2.36. The van der Waals surface area contributed by atoms with Gasteiger partial charge in [-0.05, 0) is 31.2 Å². The number of amides is 1. The van der Waals surface area contributed by atoms with E-state index in [-0.39, 0.29) is 17.9 Å². The molecular weight excluding hydrogens is 214 g/mol. The Hall–Kier alpha value is -1.42. The molecule has 0 aliphatic rings. The molecule has 1 amide bonds. The molecule has 0 aliphatic carbocycles. The molecule has 0 fully saturated rings. The van der Waals surface area contributed by atoms with Gasteiger partial charge in [-0.3, -0.25) is 9.78 Å². The van der Waals surface area contributed by atoms with E-state index >= 15 is 0 Å². The maximum atomic E-state index is 11.9. The maximum absolute atomic E-state index is 11.9. The van der Waals surface area contributed by atoms with Gasteiger partial charge >= 0.3 is 0 Å². The zero-order valence-corrected chi connectivity index (χ0v) is 10.7. The molecular formula is C13H21N3O. The number of nitrogens with one attached hydrogen (secondary N) is 2. The van der Waals surface area contributed by atoms with Crippen molar-refractivity contribution in [2.75, 3.05) is 13.1 Å². The molecule has 0 aromatic carbocycles. The molecule has 0 saturated carbocycles. The first-order chi connectivity index (χ1) is 8.15. The maximum Gasteiger partial charge on any atom is 0.224 e. The number of pyridine rings is 1. The highest BCUT2D eigenvalue weighted by atomic mass is 16.1. The van der Waals surface area contributed by atoms with Gasteiger partial charge in [-0.2, -0.15) is 0 Å². The van der Waals surface area contributed by atoms with Crippen molar-refractivity contribution >= 4 is 5.91 Å². The summed E-state index contributed by atoms with van der Waals surface area (Å²) in [6.45, 7) is 7.54. The fourth-order valence-electron chi connectivity index (χ4n) is 1.54. The summed E-state index contributed by atoms with van der Waals surface area (Å²) in [4.78, 5) is 15.8. The summed E-state index contributed by atoms with van der Waals surface area (Å²) < 4.78 is 0. The fraction of sp³-hybridized carbons (Fsp3) is 0.538. The topological polar surface area (TPSA) is 54.0 Å². The van der Waals surface area contributed by atoms with E-state index < -0.39 is 0 Å². The molecule has 4 heteroatoms. The molecule has 1 aromatic rings. The SMILES string of the molecule is CCNCC(C)C(=O)NC(C)c1ccncc1. The van der Waals surface area contributed by atoms with Crippen LogP contribution in [-0.2, 0) is 4.79 Å². The first-order valence-corrected chi connectivity index (χ1v) is 6.06. The van der Waals surface area contributed by atoms with E-state index in [1.54, 1.807) is 12.4 Å². The molecule has 0 saturated heterocycles. The number of aromatic nitrogens is 1. The van der Waals surface area contributed by atoms with Gasteiger partial charge in [-0.1, -0.05) is 13.8 Å². The molecule has 0 spiro atoms. The van der Waals surface area contributed by atoms with Gasteiger partial charge in [0.2, 0.25) is 5.91 Å². The van der Waals surface area contributed by atoms with Gasteiger partial charge < -0.3 is 10.6 Å². The molecule has 2 N–H and O–H groups in total. The van der Waals surface area contributed by atoms with Gasteiger partial charge in [0, 0.05) is 24.9 Å². The van der Waals surface area contributed by atoms with Crippen molar-refractivity contribution in [2.45, 2.75) is 26.8 Å². The predicted octanol–water partition coefficient (Wildman–Crippen LogP) is 1.50. The minimum absolute atomic E-state index is 0.0146. The van der Waals surface area contributed by atoms with E-state index in [0.29, 0.717) is 6.54 Å². The molecule has 0 bridgehead atoms. The third-order valence-electron chi connectivity index (χ3n) is 2.71. The second-order valence-electron chi connectivity index (χ2n) is 4.22. The highest BCUT2D eigenvalue weighted by molar-refractivity contribution is 5.78. The molecule has 1 aromatic heterocycles. The van der Waals surface area contributed by atoms with E-state index in [4.69, 9.17) is 0 Å². The Labute approximate surface area is 103 Å². The van der Waals surface area contributed by atoms with Crippen LogP contribution in [0.5, 0.6) is 0 Å². The predicted molar refractivity (Wildman–Crippen MR) is 68.5 cm³/mol. The van der Waals surface area contributed by atoms with Crippen LogP contribution < -0.4 is 10.6 Å². The van der Waals surface area contributed by atoms with E-state index in [1.165, 1.54) is 0 Å². The van der Waals surface area contributed by atoms with Crippen molar-refractivity contribution in [1.29, 1.82) is 0 Å². The fourth-order valence-corrected chi connectivity index (χ4v) is 1.54. The number of carbonyl (C=O) groups excluding carboxylic acids is 1. The van der Waals surface area contributed by atoms with Gasteiger partial charge in [0.05, 0.1) is 6.04 Å². The third kappa shape index (κ3) is 4.53. The monoisotopic (exact) mass is 235 g/mol. The van der Waals surface area contributed by atoms with E-state index in [2.05, 4.69) is 15.6 Å². The Morgan fingerprint density at radius 1 is 1.35 bits per heavy atom. The van der Waals surface area contributed by atoms with Crippen molar-refractivity contribution < 1.29 is 4.79 Å². The van der Waals surface area contributed by atoms with Gasteiger partial charge in [0.25, 0.3) is 0 Å². The summed E-state index contributed by atoms with van der Waals surface area (Å²) in [6.07, 6.45) is 3.47. The van der Waals surface area contributed by atoms with Crippen molar-refractivity contribution in [3.8, 4) is 0 Å². The van der Waals surface area contributed by atoms with Gasteiger partial charge in [-0.25, -0.2) is 0 Å². The number of hydrogen-bond donors (Lipinski definition) is 2.